The van der Waals surface area contributed by atoms with E-state index in [2.05, 4.69) is 4.74 Å². The van der Waals surface area contributed by atoms with Crippen molar-refractivity contribution >= 4 is 17.7 Å². The number of fused-ring (bicyclic) bond motifs is 1. The van der Waals surface area contributed by atoms with Crippen molar-refractivity contribution in [3.05, 3.63) is 24.3 Å². The summed E-state index contributed by atoms with van der Waals surface area (Å²) in [6.07, 6.45) is -4.75. The predicted octanol–water partition coefficient (Wildman–Crippen LogP) is 2.59. The van der Waals surface area contributed by atoms with E-state index in [1.807, 2.05) is 0 Å². The zero-order valence-corrected chi connectivity index (χ0v) is 13.2. The van der Waals surface area contributed by atoms with Crippen molar-refractivity contribution in [2.24, 2.45) is 11.8 Å². The monoisotopic (exact) mass is 358 g/mol. The Morgan fingerprint density at radius 3 is 2.52 bits per heavy atom. The standard InChI is InChI=1S/C16H17F3N2O4/c17-16(18,19)9-25-12-3-1-11(2-4-12)21-6-5-10-7-20(15(23)24)8-13(10)14(21)22/h1-4,10,13H,5-9H2,(H,23,24)/t10-,13+/m1/s1. The van der Waals surface area contributed by atoms with E-state index >= 15 is 0 Å². The largest absolute Gasteiger partial charge is 0.484 e. The third-order valence-electron chi connectivity index (χ3n) is 4.57. The first-order valence-corrected chi connectivity index (χ1v) is 7.83. The van der Waals surface area contributed by atoms with Crippen LogP contribution in [0.25, 0.3) is 0 Å². The molecule has 2 atom stereocenters. The van der Waals surface area contributed by atoms with E-state index in [4.69, 9.17) is 5.11 Å². The Balaban J connectivity index is 1.66. The lowest BCUT2D eigenvalue weighted by atomic mass is 9.87. The number of alkyl halides is 3. The topological polar surface area (TPSA) is 70.1 Å². The number of hydrogen-bond donors (Lipinski definition) is 1. The number of hydrogen-bond acceptors (Lipinski definition) is 3. The second-order valence-electron chi connectivity index (χ2n) is 6.23. The maximum absolute atomic E-state index is 12.6. The minimum absolute atomic E-state index is 0.0224. The van der Waals surface area contributed by atoms with Crippen LogP contribution in [0.2, 0.25) is 0 Å². The van der Waals surface area contributed by atoms with E-state index in [9.17, 15) is 22.8 Å². The highest BCUT2D eigenvalue weighted by Gasteiger charge is 2.44. The molecule has 1 N–H and O–H groups in total. The summed E-state index contributed by atoms with van der Waals surface area (Å²) < 4.78 is 41.1. The molecule has 0 radical (unpaired) electrons. The quantitative estimate of drug-likeness (QED) is 0.902. The molecule has 3 rings (SSSR count). The number of rotatable bonds is 3. The zero-order chi connectivity index (χ0) is 18.2. The summed E-state index contributed by atoms with van der Waals surface area (Å²) in [7, 11) is 0. The number of piperidine rings is 1. The smallest absolute Gasteiger partial charge is 0.422 e. The first-order chi connectivity index (χ1) is 11.7. The van der Waals surface area contributed by atoms with Crippen molar-refractivity contribution in [2.45, 2.75) is 12.6 Å². The SMILES string of the molecule is O=C(O)N1C[C@H]2CCN(c3ccc(OCC(F)(F)F)cc3)C(=O)[C@H]2C1. The van der Waals surface area contributed by atoms with Gasteiger partial charge in [0.25, 0.3) is 0 Å². The number of carbonyl (C=O) groups is 2. The van der Waals surface area contributed by atoms with Gasteiger partial charge < -0.3 is 19.6 Å². The van der Waals surface area contributed by atoms with Crippen LogP contribution in [0.3, 0.4) is 0 Å². The van der Waals surface area contributed by atoms with E-state index in [1.54, 1.807) is 4.90 Å². The fourth-order valence-electron chi connectivity index (χ4n) is 3.35. The highest BCUT2D eigenvalue weighted by atomic mass is 19.4. The Bertz CT molecular complexity index is 662. The van der Waals surface area contributed by atoms with Gasteiger partial charge in [0.05, 0.1) is 5.92 Å². The molecule has 2 saturated heterocycles. The molecule has 2 heterocycles. The molecule has 25 heavy (non-hydrogen) atoms. The molecule has 0 aliphatic carbocycles. The van der Waals surface area contributed by atoms with E-state index in [-0.39, 0.29) is 30.0 Å². The predicted molar refractivity (Wildman–Crippen MR) is 81.5 cm³/mol. The number of nitrogens with zero attached hydrogens (tertiary/aromatic N) is 2. The Morgan fingerprint density at radius 1 is 1.24 bits per heavy atom. The van der Waals surface area contributed by atoms with E-state index in [0.717, 1.165) is 0 Å². The third-order valence-corrected chi connectivity index (χ3v) is 4.57. The molecule has 0 spiro atoms. The maximum atomic E-state index is 12.6. The average Bonchev–Trinajstić information content (AvgIpc) is 2.99. The molecule has 2 fully saturated rings. The van der Waals surface area contributed by atoms with Gasteiger partial charge in [-0.25, -0.2) is 4.79 Å². The lowest BCUT2D eigenvalue weighted by Gasteiger charge is -2.33. The zero-order valence-electron chi connectivity index (χ0n) is 13.2. The highest BCUT2D eigenvalue weighted by Crippen LogP contribution is 2.35. The average molecular weight is 358 g/mol. The van der Waals surface area contributed by atoms with Gasteiger partial charge in [-0.2, -0.15) is 13.2 Å². The number of benzene rings is 1. The summed E-state index contributed by atoms with van der Waals surface area (Å²) in [5, 5.41) is 9.07. The van der Waals surface area contributed by atoms with Gasteiger partial charge in [-0.05, 0) is 36.6 Å². The van der Waals surface area contributed by atoms with Gasteiger partial charge >= 0.3 is 12.3 Å². The summed E-state index contributed by atoms with van der Waals surface area (Å²) in [5.41, 5.74) is 0.566. The van der Waals surface area contributed by atoms with Crippen LogP contribution >= 0.6 is 0 Å². The molecule has 1 aromatic rings. The van der Waals surface area contributed by atoms with Crippen LogP contribution in [0.15, 0.2) is 24.3 Å². The van der Waals surface area contributed by atoms with Crippen molar-refractivity contribution in [1.29, 1.82) is 0 Å². The molecule has 0 unspecified atom stereocenters. The summed E-state index contributed by atoms with van der Waals surface area (Å²) >= 11 is 0. The minimum atomic E-state index is -4.41. The molecule has 1 aromatic carbocycles. The first kappa shape index (κ1) is 17.4. The van der Waals surface area contributed by atoms with Crippen LogP contribution in [0.5, 0.6) is 5.75 Å². The van der Waals surface area contributed by atoms with Crippen LogP contribution in [0.4, 0.5) is 23.7 Å². The summed E-state index contributed by atoms with van der Waals surface area (Å²) in [6, 6.07) is 5.85. The van der Waals surface area contributed by atoms with Crippen molar-refractivity contribution < 1.29 is 32.6 Å². The van der Waals surface area contributed by atoms with E-state index in [1.165, 1.54) is 29.2 Å². The van der Waals surface area contributed by atoms with Crippen LogP contribution in [-0.2, 0) is 4.79 Å². The van der Waals surface area contributed by atoms with Crippen molar-refractivity contribution in [3.8, 4) is 5.75 Å². The third kappa shape index (κ3) is 3.80. The van der Waals surface area contributed by atoms with Gasteiger partial charge in [-0.1, -0.05) is 0 Å². The molecular weight excluding hydrogens is 341 g/mol. The van der Waals surface area contributed by atoms with E-state index in [0.29, 0.717) is 25.2 Å². The Morgan fingerprint density at radius 2 is 1.92 bits per heavy atom. The van der Waals surface area contributed by atoms with Crippen molar-refractivity contribution in [3.63, 3.8) is 0 Å². The molecule has 9 heteroatoms. The van der Waals surface area contributed by atoms with Crippen molar-refractivity contribution in [1.82, 2.24) is 4.90 Å². The lowest BCUT2D eigenvalue weighted by molar-refractivity contribution is -0.153. The number of halogens is 3. The Kier molecular flexibility index (Phi) is 4.49. The van der Waals surface area contributed by atoms with E-state index < -0.39 is 18.9 Å². The van der Waals surface area contributed by atoms with Crippen LogP contribution in [0, 0.1) is 11.8 Å². The molecule has 0 aromatic heterocycles. The molecule has 136 valence electrons. The molecular formula is C16H17F3N2O4. The number of amides is 2. The summed E-state index contributed by atoms with van der Waals surface area (Å²) in [4.78, 5) is 26.5. The van der Waals surface area contributed by atoms with Gasteiger partial charge in [0.1, 0.15) is 5.75 Å². The Hall–Kier alpha value is -2.45. The second kappa shape index (κ2) is 6.45. The molecule has 0 saturated carbocycles. The molecule has 2 aliphatic heterocycles. The highest BCUT2D eigenvalue weighted by molar-refractivity contribution is 5.96. The molecule has 2 aliphatic rings. The number of anilines is 1. The summed E-state index contributed by atoms with van der Waals surface area (Å²) in [5.74, 6) is -0.425. The van der Waals surface area contributed by atoms with Crippen LogP contribution in [-0.4, -0.2) is 54.4 Å². The van der Waals surface area contributed by atoms with Crippen LogP contribution in [0.1, 0.15) is 6.42 Å². The lowest BCUT2D eigenvalue weighted by Crippen LogP contribution is -2.45. The van der Waals surface area contributed by atoms with Crippen molar-refractivity contribution in [2.75, 3.05) is 31.1 Å². The maximum Gasteiger partial charge on any atom is 0.422 e. The fourth-order valence-corrected chi connectivity index (χ4v) is 3.35. The summed E-state index contributed by atoms with van der Waals surface area (Å²) in [6.45, 7) is -0.369. The Labute approximate surface area is 141 Å². The number of carbonyl (C=O) groups excluding carboxylic acids is 1. The van der Waals surface area contributed by atoms with Gasteiger partial charge in [0, 0.05) is 25.3 Å². The normalized spacial score (nSPS) is 23.6. The van der Waals surface area contributed by atoms with Gasteiger partial charge in [0.15, 0.2) is 6.61 Å². The van der Waals surface area contributed by atoms with Gasteiger partial charge in [0.2, 0.25) is 5.91 Å². The fraction of sp³-hybridized carbons (Fsp3) is 0.500. The second-order valence-corrected chi connectivity index (χ2v) is 6.23. The van der Waals surface area contributed by atoms with Gasteiger partial charge in [-0.15, -0.1) is 0 Å². The number of carboxylic acid groups (broad SMARTS) is 1. The number of ether oxygens (including phenoxy) is 1. The first-order valence-electron chi connectivity index (χ1n) is 7.83. The number of likely N-dealkylation sites (tertiary alicyclic amines) is 1. The van der Waals surface area contributed by atoms with Gasteiger partial charge in [-0.3, -0.25) is 4.79 Å². The van der Waals surface area contributed by atoms with Crippen LogP contribution < -0.4 is 9.64 Å². The molecule has 2 amide bonds. The molecule has 6 nitrogen and oxygen atoms in total. The molecule has 0 bridgehead atoms. The minimum Gasteiger partial charge on any atom is -0.484 e.